The van der Waals surface area contributed by atoms with Crippen LogP contribution in [0.5, 0.6) is 0 Å². The van der Waals surface area contributed by atoms with Gasteiger partial charge in [0.05, 0.1) is 40.1 Å². The maximum Gasteiger partial charge on any atom is 0.145 e. The summed E-state index contributed by atoms with van der Waals surface area (Å²) in [6.07, 6.45) is 6.10. The molecule has 0 radical (unpaired) electrons. The molecule has 6 nitrogen and oxygen atoms in total. The maximum absolute atomic E-state index is 11.1. The van der Waals surface area contributed by atoms with Crippen molar-refractivity contribution in [2.75, 3.05) is 0 Å². The zero-order valence-corrected chi connectivity index (χ0v) is 19.4. The molecule has 0 spiro atoms. The van der Waals surface area contributed by atoms with Gasteiger partial charge in [-0.1, -0.05) is 34.4 Å². The first-order valence-corrected chi connectivity index (χ1v) is 11.9. The van der Waals surface area contributed by atoms with Gasteiger partial charge in [0.2, 0.25) is 0 Å². The molecule has 0 atom stereocenters. The monoisotopic (exact) mass is 483 g/mol. The topological polar surface area (TPSA) is 92.2 Å². The van der Waals surface area contributed by atoms with Crippen LogP contribution in [0.1, 0.15) is 67.0 Å². The molecule has 1 N–H and O–H groups in total. The van der Waals surface area contributed by atoms with Gasteiger partial charge in [-0.3, -0.25) is 4.98 Å². The van der Waals surface area contributed by atoms with Gasteiger partial charge in [0, 0.05) is 23.2 Å². The Kier molecular flexibility index (Phi) is 6.15. The molecule has 2 heterocycles. The minimum Gasteiger partial charge on any atom is -0.384 e. The summed E-state index contributed by atoms with van der Waals surface area (Å²) in [5, 5.41) is 25.6. The standard InChI is InChI=1S/C25H23Cl2N3O3/c26-19-2-1-3-20(27)22(19)23-18(24(33-30-23)16-4-5-16)14-32-17-6-9-25(31,10-7-17)21-12-15(13-28)8-11-29-21/h1-3,8,11-12,16-17,31H,4-7,9-10,14H2. The van der Waals surface area contributed by atoms with Gasteiger partial charge in [-0.15, -0.1) is 0 Å². The van der Waals surface area contributed by atoms with Crippen LogP contribution >= 0.6 is 23.2 Å². The van der Waals surface area contributed by atoms with E-state index in [9.17, 15) is 5.11 Å². The van der Waals surface area contributed by atoms with Gasteiger partial charge in [0.25, 0.3) is 0 Å². The summed E-state index contributed by atoms with van der Waals surface area (Å²) < 4.78 is 12.0. The summed E-state index contributed by atoms with van der Waals surface area (Å²) in [6, 6.07) is 10.8. The van der Waals surface area contributed by atoms with E-state index in [4.69, 9.17) is 37.7 Å². The lowest BCUT2D eigenvalue weighted by Crippen LogP contribution is -2.35. The molecule has 2 aromatic heterocycles. The summed E-state index contributed by atoms with van der Waals surface area (Å²) >= 11 is 12.9. The number of hydrogen-bond acceptors (Lipinski definition) is 6. The first-order chi connectivity index (χ1) is 16.0. The van der Waals surface area contributed by atoms with Crippen LogP contribution in [0.4, 0.5) is 0 Å². The molecule has 5 rings (SSSR count). The quantitative estimate of drug-likeness (QED) is 0.452. The molecule has 170 valence electrons. The molecular weight excluding hydrogens is 461 g/mol. The van der Waals surface area contributed by atoms with E-state index < -0.39 is 5.60 Å². The smallest absolute Gasteiger partial charge is 0.145 e. The number of pyridine rings is 1. The number of hydrogen-bond donors (Lipinski definition) is 1. The second kappa shape index (κ2) is 9.08. The van der Waals surface area contributed by atoms with Crippen LogP contribution in [0.3, 0.4) is 0 Å². The Morgan fingerprint density at radius 1 is 1.15 bits per heavy atom. The van der Waals surface area contributed by atoms with Crippen LogP contribution in [-0.2, 0) is 16.9 Å². The van der Waals surface area contributed by atoms with Crippen molar-refractivity contribution in [3.05, 3.63) is 69.2 Å². The van der Waals surface area contributed by atoms with E-state index >= 15 is 0 Å². The lowest BCUT2D eigenvalue weighted by molar-refractivity contribution is -0.0662. The maximum atomic E-state index is 11.1. The van der Waals surface area contributed by atoms with E-state index in [1.807, 2.05) is 0 Å². The van der Waals surface area contributed by atoms with Crippen LogP contribution in [0, 0.1) is 11.3 Å². The van der Waals surface area contributed by atoms with Crippen molar-refractivity contribution in [2.45, 2.75) is 62.8 Å². The highest BCUT2D eigenvalue weighted by molar-refractivity contribution is 6.39. The minimum absolute atomic E-state index is 0.0130. The van der Waals surface area contributed by atoms with Crippen LogP contribution in [0.15, 0.2) is 41.1 Å². The number of aromatic nitrogens is 2. The Morgan fingerprint density at radius 2 is 1.88 bits per heavy atom. The second-order valence-electron chi connectivity index (χ2n) is 8.83. The number of nitriles is 1. The van der Waals surface area contributed by atoms with Crippen molar-refractivity contribution in [3.8, 4) is 17.3 Å². The Hall–Kier alpha value is -2.43. The summed E-state index contributed by atoms with van der Waals surface area (Å²) in [6.45, 7) is 0.345. The Bertz CT molecular complexity index is 1190. The number of halogens is 2. The Balaban J connectivity index is 1.31. The average Bonchev–Trinajstić information content (AvgIpc) is 3.59. The van der Waals surface area contributed by atoms with Gasteiger partial charge in [-0.25, -0.2) is 0 Å². The first-order valence-electron chi connectivity index (χ1n) is 11.1. The number of aliphatic hydroxyl groups is 1. The third-order valence-corrected chi connectivity index (χ3v) is 7.19. The normalized spacial score (nSPS) is 22.8. The lowest BCUT2D eigenvalue weighted by atomic mass is 9.80. The molecule has 0 unspecified atom stereocenters. The fourth-order valence-corrected chi connectivity index (χ4v) is 5.07. The molecule has 2 aliphatic carbocycles. The van der Waals surface area contributed by atoms with Gasteiger partial charge in [-0.05, 0) is 62.8 Å². The number of benzene rings is 1. The molecular formula is C25H23Cl2N3O3. The molecule has 2 fully saturated rings. The van der Waals surface area contributed by atoms with Crippen LogP contribution in [-0.4, -0.2) is 21.4 Å². The van der Waals surface area contributed by atoms with Crippen molar-refractivity contribution in [3.63, 3.8) is 0 Å². The van der Waals surface area contributed by atoms with E-state index in [1.54, 1.807) is 36.5 Å². The predicted molar refractivity (Wildman–Crippen MR) is 124 cm³/mol. The molecule has 0 aliphatic heterocycles. The van der Waals surface area contributed by atoms with Gasteiger partial charge in [0.15, 0.2) is 0 Å². The number of rotatable bonds is 6. The lowest BCUT2D eigenvalue weighted by Gasteiger charge is -2.35. The highest BCUT2D eigenvalue weighted by Gasteiger charge is 2.38. The Labute approximate surface area is 202 Å². The molecule has 1 aromatic carbocycles. The van der Waals surface area contributed by atoms with Gasteiger partial charge >= 0.3 is 0 Å². The zero-order valence-electron chi connectivity index (χ0n) is 17.9. The molecule has 0 amide bonds. The highest BCUT2D eigenvalue weighted by atomic mass is 35.5. The molecule has 2 aliphatic rings. The molecule has 0 saturated heterocycles. The molecule has 8 heteroatoms. The number of nitrogens with zero attached hydrogens (tertiary/aromatic N) is 3. The van der Waals surface area contributed by atoms with Gasteiger partial charge in [0.1, 0.15) is 17.1 Å². The minimum atomic E-state index is -1.04. The van der Waals surface area contributed by atoms with Crippen molar-refractivity contribution < 1.29 is 14.4 Å². The summed E-state index contributed by atoms with van der Waals surface area (Å²) in [7, 11) is 0. The molecule has 0 bridgehead atoms. The van der Waals surface area contributed by atoms with E-state index in [2.05, 4.69) is 16.2 Å². The van der Waals surface area contributed by atoms with E-state index in [0.717, 1.165) is 24.2 Å². The Morgan fingerprint density at radius 3 is 2.55 bits per heavy atom. The van der Waals surface area contributed by atoms with E-state index in [-0.39, 0.29) is 6.10 Å². The molecule has 3 aromatic rings. The van der Waals surface area contributed by atoms with Crippen molar-refractivity contribution >= 4 is 23.2 Å². The molecule has 33 heavy (non-hydrogen) atoms. The van der Waals surface area contributed by atoms with Crippen LogP contribution in [0.2, 0.25) is 10.0 Å². The summed E-state index contributed by atoms with van der Waals surface area (Å²) in [5.74, 6) is 1.21. The van der Waals surface area contributed by atoms with E-state index in [1.165, 1.54) is 0 Å². The van der Waals surface area contributed by atoms with Crippen LogP contribution in [0.25, 0.3) is 11.3 Å². The fraction of sp³-hybridized carbons (Fsp3) is 0.400. The predicted octanol–water partition coefficient (Wildman–Crippen LogP) is 6.14. The summed E-state index contributed by atoms with van der Waals surface area (Å²) in [4.78, 5) is 4.31. The van der Waals surface area contributed by atoms with Gasteiger partial charge < -0.3 is 14.4 Å². The fourth-order valence-electron chi connectivity index (χ4n) is 4.50. The zero-order chi connectivity index (χ0) is 23.0. The number of ether oxygens (including phenoxy) is 1. The van der Waals surface area contributed by atoms with Crippen molar-refractivity contribution in [1.29, 1.82) is 5.26 Å². The average molecular weight is 484 g/mol. The van der Waals surface area contributed by atoms with Crippen LogP contribution < -0.4 is 0 Å². The SMILES string of the molecule is N#Cc1ccnc(C2(O)CCC(OCc3c(-c4c(Cl)cccc4Cl)noc3C3CC3)CC2)c1. The van der Waals surface area contributed by atoms with E-state index in [0.29, 0.717) is 70.8 Å². The highest BCUT2D eigenvalue weighted by Crippen LogP contribution is 2.46. The first kappa shape index (κ1) is 22.4. The summed E-state index contributed by atoms with van der Waals surface area (Å²) in [5.41, 5.74) is 2.20. The van der Waals surface area contributed by atoms with Crippen molar-refractivity contribution in [1.82, 2.24) is 10.1 Å². The van der Waals surface area contributed by atoms with Gasteiger partial charge in [-0.2, -0.15) is 5.26 Å². The second-order valence-corrected chi connectivity index (χ2v) is 9.64. The molecule has 2 saturated carbocycles. The third kappa shape index (κ3) is 4.51. The van der Waals surface area contributed by atoms with Crippen molar-refractivity contribution in [2.24, 2.45) is 0 Å². The largest absolute Gasteiger partial charge is 0.384 e. The third-order valence-electron chi connectivity index (χ3n) is 6.56.